The molecule has 0 radical (unpaired) electrons. The van der Waals surface area contributed by atoms with E-state index in [0.717, 1.165) is 11.6 Å². The number of hydrogen-bond acceptors (Lipinski definition) is 3. The third kappa shape index (κ3) is 5.04. The third-order valence-electron chi connectivity index (χ3n) is 5.03. The van der Waals surface area contributed by atoms with E-state index in [1.807, 2.05) is 74.5 Å². The minimum absolute atomic E-state index is 0.0473. The number of carbonyl (C=O) groups is 2. The molecule has 0 aliphatic rings. The van der Waals surface area contributed by atoms with Gasteiger partial charge in [-0.3, -0.25) is 0 Å². The molecule has 0 unspecified atom stereocenters. The summed E-state index contributed by atoms with van der Waals surface area (Å²) < 4.78 is 5.85. The summed E-state index contributed by atoms with van der Waals surface area (Å²) >= 11 is 0. The van der Waals surface area contributed by atoms with Crippen molar-refractivity contribution in [1.82, 2.24) is 0 Å². The average molecular weight is 418 g/mol. The van der Waals surface area contributed by atoms with Crippen LogP contribution in [0.4, 0.5) is 0 Å². The maximum absolute atomic E-state index is 13.2. The number of aldehydes is 1. The third-order valence-corrected chi connectivity index (χ3v) is 7.53. The van der Waals surface area contributed by atoms with Gasteiger partial charge in [0.15, 0.2) is 0 Å². The van der Waals surface area contributed by atoms with E-state index in [-0.39, 0.29) is 17.8 Å². The Hall–Kier alpha value is -2.77. The van der Waals surface area contributed by atoms with Crippen molar-refractivity contribution in [3.8, 4) is 0 Å². The van der Waals surface area contributed by atoms with Crippen LogP contribution in [0.25, 0.3) is 0 Å². The minimum Gasteiger partial charge on any atom is -0.458 e. The van der Waals surface area contributed by atoms with Crippen molar-refractivity contribution in [2.45, 2.75) is 26.9 Å². The lowest BCUT2D eigenvalue weighted by molar-refractivity contribution is -0.114. The van der Waals surface area contributed by atoms with Crippen molar-refractivity contribution in [1.29, 1.82) is 0 Å². The molecule has 0 aliphatic heterocycles. The molecule has 30 heavy (non-hydrogen) atoms. The summed E-state index contributed by atoms with van der Waals surface area (Å²) in [4.78, 5) is 24.6. The summed E-state index contributed by atoms with van der Waals surface area (Å²) in [5, 5.41) is 3.29. The first kappa shape index (κ1) is 21.9. The Morgan fingerprint density at radius 2 is 1.30 bits per heavy atom. The molecule has 154 valence electrons. The van der Waals surface area contributed by atoms with Gasteiger partial charge in [0.2, 0.25) is 0 Å². The first-order valence-corrected chi connectivity index (χ1v) is 11.5. The summed E-state index contributed by atoms with van der Waals surface area (Å²) in [6.07, 6.45) is 0.396. The van der Waals surface area contributed by atoms with Crippen molar-refractivity contribution < 1.29 is 14.3 Å². The molecule has 0 heterocycles. The van der Waals surface area contributed by atoms with Gasteiger partial charge in [0.25, 0.3) is 0 Å². The summed E-state index contributed by atoms with van der Waals surface area (Å²) in [5.41, 5.74) is 0.556. The highest BCUT2D eigenvalue weighted by atomic mass is 31.1. The second-order valence-electron chi connectivity index (χ2n) is 7.63. The standard InChI is InChI=1S/C26H27O3P/c1-19(2)25(20(3)18-27)29-26(28)23-16-10-11-17-24(23)30(21-12-6-4-7-13-21)22-14-8-5-9-15-22/h4-20,25H,1-3H3/t20-,25+/m0/s1. The van der Waals surface area contributed by atoms with E-state index in [0.29, 0.717) is 5.56 Å². The SMILES string of the molecule is CC(C)[C@@H](OC(=O)c1ccccc1P(c1ccccc1)c1ccccc1)[C@@H](C)C=O. The highest BCUT2D eigenvalue weighted by Crippen LogP contribution is 2.34. The van der Waals surface area contributed by atoms with Crippen LogP contribution < -0.4 is 15.9 Å². The van der Waals surface area contributed by atoms with Crippen molar-refractivity contribution in [3.63, 3.8) is 0 Å². The van der Waals surface area contributed by atoms with E-state index < -0.39 is 14.0 Å². The zero-order valence-corrected chi connectivity index (χ0v) is 18.5. The molecular formula is C26H27O3P. The second kappa shape index (κ2) is 10.3. The number of esters is 1. The highest BCUT2D eigenvalue weighted by molar-refractivity contribution is 7.80. The summed E-state index contributed by atoms with van der Waals surface area (Å²) in [6.45, 7) is 5.72. The van der Waals surface area contributed by atoms with Gasteiger partial charge in [-0.2, -0.15) is 0 Å². The molecular weight excluding hydrogens is 391 g/mol. The van der Waals surface area contributed by atoms with Crippen molar-refractivity contribution in [2.75, 3.05) is 0 Å². The van der Waals surface area contributed by atoms with E-state index in [9.17, 15) is 9.59 Å². The van der Waals surface area contributed by atoms with Crippen molar-refractivity contribution in [2.24, 2.45) is 11.8 Å². The maximum Gasteiger partial charge on any atom is 0.339 e. The molecule has 3 aromatic rings. The van der Waals surface area contributed by atoms with Gasteiger partial charge in [-0.15, -0.1) is 0 Å². The summed E-state index contributed by atoms with van der Waals surface area (Å²) in [7, 11) is -0.929. The molecule has 0 amide bonds. The molecule has 0 bridgehead atoms. The van der Waals surface area contributed by atoms with Crippen LogP contribution >= 0.6 is 7.92 Å². The van der Waals surface area contributed by atoms with E-state index in [2.05, 4.69) is 24.3 Å². The first-order valence-electron chi connectivity index (χ1n) is 10.2. The fourth-order valence-electron chi connectivity index (χ4n) is 3.54. The molecule has 0 spiro atoms. The van der Waals surface area contributed by atoms with E-state index in [4.69, 9.17) is 4.74 Å². The van der Waals surface area contributed by atoms with Crippen molar-refractivity contribution in [3.05, 3.63) is 90.5 Å². The molecule has 0 saturated carbocycles. The Bertz CT molecular complexity index is 930. The Morgan fingerprint density at radius 1 is 0.800 bits per heavy atom. The topological polar surface area (TPSA) is 43.4 Å². The van der Waals surface area contributed by atoms with E-state index >= 15 is 0 Å². The van der Waals surface area contributed by atoms with Crippen LogP contribution in [0, 0.1) is 11.8 Å². The lowest BCUT2D eigenvalue weighted by Gasteiger charge is -2.26. The lowest BCUT2D eigenvalue weighted by atomic mass is 9.96. The zero-order chi connectivity index (χ0) is 21.5. The monoisotopic (exact) mass is 418 g/mol. The van der Waals surface area contributed by atoms with Crippen LogP contribution in [0.2, 0.25) is 0 Å². The summed E-state index contributed by atoms with van der Waals surface area (Å²) in [6, 6.07) is 28.1. The van der Waals surface area contributed by atoms with Gasteiger partial charge in [-0.1, -0.05) is 99.6 Å². The fraction of sp³-hybridized carbons (Fsp3) is 0.231. The number of carbonyl (C=O) groups excluding carboxylic acids is 2. The Morgan fingerprint density at radius 3 is 1.80 bits per heavy atom. The molecule has 0 fully saturated rings. The van der Waals surface area contributed by atoms with Crippen LogP contribution in [-0.4, -0.2) is 18.4 Å². The van der Waals surface area contributed by atoms with Gasteiger partial charge in [0, 0.05) is 5.92 Å². The number of ether oxygens (including phenoxy) is 1. The van der Waals surface area contributed by atoms with Gasteiger partial charge < -0.3 is 9.53 Å². The fourth-order valence-corrected chi connectivity index (χ4v) is 5.97. The van der Waals surface area contributed by atoms with E-state index in [1.165, 1.54) is 10.6 Å². The van der Waals surface area contributed by atoms with Gasteiger partial charge in [0.1, 0.15) is 12.4 Å². The lowest BCUT2D eigenvalue weighted by Crippen LogP contribution is -2.33. The predicted octanol–water partition coefficient (Wildman–Crippen LogP) is 4.46. The van der Waals surface area contributed by atoms with Gasteiger partial charge in [-0.25, -0.2) is 4.79 Å². The largest absolute Gasteiger partial charge is 0.458 e. The van der Waals surface area contributed by atoms with Gasteiger partial charge >= 0.3 is 5.97 Å². The van der Waals surface area contributed by atoms with Crippen LogP contribution in [-0.2, 0) is 9.53 Å². The highest BCUT2D eigenvalue weighted by Gasteiger charge is 2.28. The second-order valence-corrected chi connectivity index (χ2v) is 9.82. The molecule has 3 rings (SSSR count). The number of benzene rings is 3. The summed E-state index contributed by atoms with van der Waals surface area (Å²) in [5.74, 6) is -0.686. The first-order chi connectivity index (χ1) is 14.5. The molecule has 2 atom stereocenters. The smallest absolute Gasteiger partial charge is 0.339 e. The molecule has 0 aromatic heterocycles. The van der Waals surface area contributed by atoms with Gasteiger partial charge in [-0.05, 0) is 35.8 Å². The molecule has 4 heteroatoms. The molecule has 3 nitrogen and oxygen atoms in total. The molecule has 3 aromatic carbocycles. The zero-order valence-electron chi connectivity index (χ0n) is 17.6. The number of hydrogen-bond donors (Lipinski definition) is 0. The van der Waals surface area contributed by atoms with Crippen molar-refractivity contribution >= 4 is 36.1 Å². The molecule has 0 saturated heterocycles. The predicted molar refractivity (Wildman–Crippen MR) is 124 cm³/mol. The molecule has 0 N–H and O–H groups in total. The average Bonchev–Trinajstić information content (AvgIpc) is 2.78. The van der Waals surface area contributed by atoms with Crippen LogP contribution in [0.3, 0.4) is 0 Å². The number of rotatable bonds is 8. The van der Waals surface area contributed by atoms with Crippen LogP contribution in [0.15, 0.2) is 84.9 Å². The minimum atomic E-state index is -0.929. The Labute approximate surface area is 179 Å². The Kier molecular flexibility index (Phi) is 7.54. The quantitative estimate of drug-likeness (QED) is 0.308. The normalized spacial score (nSPS) is 13.1. The van der Waals surface area contributed by atoms with E-state index in [1.54, 1.807) is 6.92 Å². The maximum atomic E-state index is 13.2. The van der Waals surface area contributed by atoms with Crippen LogP contribution in [0.1, 0.15) is 31.1 Å². The Balaban J connectivity index is 2.05. The van der Waals surface area contributed by atoms with Crippen LogP contribution in [0.5, 0.6) is 0 Å². The van der Waals surface area contributed by atoms with Gasteiger partial charge in [0.05, 0.1) is 5.56 Å². The molecule has 0 aliphatic carbocycles.